The lowest BCUT2D eigenvalue weighted by molar-refractivity contribution is 0.147. The molecule has 0 atom stereocenters. The van der Waals surface area contributed by atoms with Crippen molar-refractivity contribution in [3.8, 4) is 6.07 Å². The summed E-state index contributed by atoms with van der Waals surface area (Å²) in [6, 6.07) is 11.7. The first-order valence-electron chi connectivity index (χ1n) is 14.5. The predicted molar refractivity (Wildman–Crippen MR) is 150 cm³/mol. The third-order valence-corrected chi connectivity index (χ3v) is 8.69. The Morgan fingerprint density at radius 3 is 2.42 bits per heavy atom. The lowest BCUT2D eigenvalue weighted by Crippen LogP contribution is -2.51. The van der Waals surface area contributed by atoms with Crippen molar-refractivity contribution in [2.75, 3.05) is 31.1 Å². The fraction of sp³-hybridized carbons (Fsp3) is 0.613. The zero-order chi connectivity index (χ0) is 24.9. The Bertz CT molecular complexity index is 1210. The molecule has 1 aliphatic carbocycles. The van der Waals surface area contributed by atoms with E-state index in [1.807, 2.05) is 6.07 Å². The largest absolute Gasteiger partial charge is 0.355 e. The van der Waals surface area contributed by atoms with Gasteiger partial charge in [-0.3, -0.25) is 9.30 Å². The average Bonchev–Trinajstić information content (AvgIpc) is 3.30. The van der Waals surface area contributed by atoms with Crippen LogP contribution in [-0.2, 0) is 6.42 Å². The number of para-hydroxylation sites is 2. The zero-order valence-electron chi connectivity index (χ0n) is 22.4. The Morgan fingerprint density at radius 2 is 1.67 bits per heavy atom. The van der Waals surface area contributed by atoms with E-state index in [1.165, 1.54) is 82.0 Å². The highest BCUT2D eigenvalue weighted by atomic mass is 15.3. The Labute approximate surface area is 217 Å². The molecule has 5 rings (SSSR count). The van der Waals surface area contributed by atoms with Gasteiger partial charge in [0.1, 0.15) is 11.9 Å². The zero-order valence-corrected chi connectivity index (χ0v) is 22.4. The number of anilines is 1. The summed E-state index contributed by atoms with van der Waals surface area (Å²) in [4.78, 5) is 10.3. The molecule has 0 N–H and O–H groups in total. The number of fused-ring (bicyclic) bond motifs is 3. The third-order valence-electron chi connectivity index (χ3n) is 8.69. The van der Waals surface area contributed by atoms with Crippen LogP contribution < -0.4 is 4.90 Å². The molecule has 1 saturated heterocycles. The number of imidazole rings is 1. The normalized spacial score (nSPS) is 17.8. The van der Waals surface area contributed by atoms with Crippen LogP contribution in [0.1, 0.15) is 94.2 Å². The topological polar surface area (TPSA) is 47.6 Å². The molecule has 192 valence electrons. The Kier molecular flexibility index (Phi) is 8.12. The van der Waals surface area contributed by atoms with Crippen molar-refractivity contribution in [3.63, 3.8) is 0 Å². The first kappa shape index (κ1) is 25.1. The highest BCUT2D eigenvalue weighted by molar-refractivity contribution is 5.86. The number of benzene rings is 1. The molecule has 1 aliphatic heterocycles. The summed E-state index contributed by atoms with van der Waals surface area (Å²) in [5.74, 6) is 1.30. The van der Waals surface area contributed by atoms with Crippen LogP contribution in [0, 0.1) is 18.3 Å². The summed E-state index contributed by atoms with van der Waals surface area (Å²) in [7, 11) is 0. The van der Waals surface area contributed by atoms with Gasteiger partial charge in [-0.1, -0.05) is 70.4 Å². The quantitative estimate of drug-likeness (QED) is 0.305. The molecule has 5 nitrogen and oxygen atoms in total. The SMILES string of the molecule is CCCCCCCCc1c(C)c(C#N)c2nc3ccccc3n2c1N1CCN(C2CCCCC2)CC1. The average molecular weight is 486 g/mol. The fourth-order valence-electron chi connectivity index (χ4n) is 6.62. The molecule has 0 bridgehead atoms. The minimum atomic E-state index is 0.747. The van der Waals surface area contributed by atoms with Gasteiger partial charge in [-0.15, -0.1) is 0 Å². The van der Waals surface area contributed by atoms with Crippen LogP contribution in [0.25, 0.3) is 16.7 Å². The number of hydrogen-bond acceptors (Lipinski definition) is 4. The van der Waals surface area contributed by atoms with Crippen LogP contribution in [0.3, 0.4) is 0 Å². The molecule has 5 heteroatoms. The second kappa shape index (κ2) is 11.6. The minimum absolute atomic E-state index is 0.747. The number of hydrogen-bond donors (Lipinski definition) is 0. The van der Waals surface area contributed by atoms with Gasteiger partial charge < -0.3 is 4.90 Å². The Morgan fingerprint density at radius 1 is 0.944 bits per heavy atom. The highest BCUT2D eigenvalue weighted by Gasteiger charge is 2.29. The second-order valence-corrected chi connectivity index (χ2v) is 11.0. The van der Waals surface area contributed by atoms with Crippen molar-refractivity contribution in [3.05, 3.63) is 41.0 Å². The number of piperazine rings is 1. The molecule has 2 aliphatic rings. The summed E-state index contributed by atoms with van der Waals surface area (Å²) < 4.78 is 2.32. The molecular weight excluding hydrogens is 442 g/mol. The van der Waals surface area contributed by atoms with Crippen LogP contribution >= 0.6 is 0 Å². The van der Waals surface area contributed by atoms with E-state index in [2.05, 4.69) is 52.3 Å². The highest BCUT2D eigenvalue weighted by Crippen LogP contribution is 2.35. The van der Waals surface area contributed by atoms with E-state index in [4.69, 9.17) is 4.98 Å². The van der Waals surface area contributed by atoms with Gasteiger partial charge in [0.15, 0.2) is 5.65 Å². The molecule has 0 unspecified atom stereocenters. The van der Waals surface area contributed by atoms with Crippen molar-refractivity contribution in [1.29, 1.82) is 5.26 Å². The van der Waals surface area contributed by atoms with Gasteiger partial charge in [0, 0.05) is 32.2 Å². The monoisotopic (exact) mass is 485 g/mol. The van der Waals surface area contributed by atoms with Crippen LogP contribution in [0.15, 0.2) is 24.3 Å². The van der Waals surface area contributed by atoms with E-state index in [1.54, 1.807) is 0 Å². The fourth-order valence-corrected chi connectivity index (χ4v) is 6.62. The van der Waals surface area contributed by atoms with E-state index in [-0.39, 0.29) is 0 Å². The molecule has 3 aromatic rings. The summed E-state index contributed by atoms with van der Waals surface area (Å²) in [6.45, 7) is 8.80. The summed E-state index contributed by atoms with van der Waals surface area (Å²) in [5, 5.41) is 10.2. The Hall–Kier alpha value is -2.58. The number of rotatable bonds is 9. The van der Waals surface area contributed by atoms with Gasteiger partial charge in [0.2, 0.25) is 0 Å². The molecule has 0 amide bonds. The maximum atomic E-state index is 10.2. The maximum absolute atomic E-state index is 10.2. The van der Waals surface area contributed by atoms with Crippen molar-refractivity contribution >= 4 is 22.5 Å². The smallest absolute Gasteiger partial charge is 0.157 e. The first-order valence-corrected chi connectivity index (χ1v) is 14.5. The van der Waals surface area contributed by atoms with E-state index < -0.39 is 0 Å². The molecule has 0 radical (unpaired) electrons. The predicted octanol–water partition coefficient (Wildman–Crippen LogP) is 7.03. The van der Waals surface area contributed by atoms with E-state index in [0.717, 1.165) is 66.4 Å². The lowest BCUT2D eigenvalue weighted by Gasteiger charge is -2.42. The Balaban J connectivity index is 1.50. The summed E-state index contributed by atoms with van der Waals surface area (Å²) >= 11 is 0. The molecule has 2 fully saturated rings. The van der Waals surface area contributed by atoms with Crippen molar-refractivity contribution in [2.24, 2.45) is 0 Å². The van der Waals surface area contributed by atoms with Crippen molar-refractivity contribution < 1.29 is 0 Å². The van der Waals surface area contributed by atoms with E-state index >= 15 is 0 Å². The van der Waals surface area contributed by atoms with Crippen LogP contribution in [-0.4, -0.2) is 46.5 Å². The molecule has 2 aromatic heterocycles. The standard InChI is InChI=1S/C31H43N5/c1-3-4-5-6-7-11-16-26-24(2)27(23-32)30-33-28-17-12-13-18-29(28)36(30)31(26)35-21-19-34(20-22-35)25-14-9-8-10-15-25/h12-13,17-18,25H,3-11,14-16,19-22H2,1-2H3. The van der Waals surface area contributed by atoms with E-state index in [0.29, 0.717) is 0 Å². The van der Waals surface area contributed by atoms with Crippen molar-refractivity contribution in [2.45, 2.75) is 96.9 Å². The van der Waals surface area contributed by atoms with Gasteiger partial charge in [-0.05, 0) is 55.9 Å². The van der Waals surface area contributed by atoms with Crippen LogP contribution in [0.4, 0.5) is 5.82 Å². The summed E-state index contributed by atoms with van der Waals surface area (Å²) in [5.41, 5.74) is 6.18. The number of pyridine rings is 1. The first-order chi connectivity index (χ1) is 17.7. The number of aromatic nitrogens is 2. The molecule has 36 heavy (non-hydrogen) atoms. The third kappa shape index (κ3) is 4.98. The summed E-state index contributed by atoms with van der Waals surface area (Å²) in [6.07, 6.45) is 15.7. The molecule has 1 saturated carbocycles. The lowest BCUT2D eigenvalue weighted by atomic mass is 9.93. The molecular formula is C31H43N5. The van der Waals surface area contributed by atoms with Crippen molar-refractivity contribution in [1.82, 2.24) is 14.3 Å². The van der Waals surface area contributed by atoms with Gasteiger partial charge in [-0.2, -0.15) is 5.26 Å². The van der Waals surface area contributed by atoms with Gasteiger partial charge in [0.05, 0.1) is 16.6 Å². The minimum Gasteiger partial charge on any atom is -0.355 e. The van der Waals surface area contributed by atoms with Crippen LogP contribution in [0.2, 0.25) is 0 Å². The van der Waals surface area contributed by atoms with Crippen LogP contribution in [0.5, 0.6) is 0 Å². The second-order valence-electron chi connectivity index (χ2n) is 11.0. The van der Waals surface area contributed by atoms with Gasteiger partial charge in [0.25, 0.3) is 0 Å². The number of nitriles is 1. The van der Waals surface area contributed by atoms with Gasteiger partial charge in [-0.25, -0.2) is 4.98 Å². The molecule has 1 aromatic carbocycles. The van der Waals surface area contributed by atoms with Gasteiger partial charge >= 0.3 is 0 Å². The molecule has 0 spiro atoms. The maximum Gasteiger partial charge on any atom is 0.157 e. The number of unbranched alkanes of at least 4 members (excludes halogenated alkanes) is 5. The molecule has 3 heterocycles. The number of nitrogens with zero attached hydrogens (tertiary/aromatic N) is 5. The van der Waals surface area contributed by atoms with E-state index in [9.17, 15) is 5.26 Å².